The van der Waals surface area contributed by atoms with Crippen molar-refractivity contribution in [3.8, 4) is 0 Å². The average Bonchev–Trinajstić information content (AvgIpc) is 2.99. The molecule has 1 aromatic carbocycles. The topological polar surface area (TPSA) is 66.5 Å². The van der Waals surface area contributed by atoms with Crippen LogP contribution in [0.2, 0.25) is 0 Å². The van der Waals surface area contributed by atoms with Gasteiger partial charge in [-0.1, -0.05) is 98.4 Å². The molecule has 0 saturated heterocycles. The molecule has 0 saturated carbocycles. The SMILES string of the molecule is CCCCCCC1=CCC=C(C)C=C1.NC(CO)(CO)CCCCc1ccccc1. The molecule has 0 heterocycles. The first-order valence-electron chi connectivity index (χ1n) is 11.6. The zero-order valence-electron chi connectivity index (χ0n) is 19.2. The van der Waals surface area contributed by atoms with Gasteiger partial charge in [-0.15, -0.1) is 0 Å². The average molecular weight is 414 g/mol. The van der Waals surface area contributed by atoms with Crippen molar-refractivity contribution in [2.24, 2.45) is 5.73 Å². The van der Waals surface area contributed by atoms with Crippen molar-refractivity contribution in [1.29, 1.82) is 0 Å². The number of benzene rings is 1. The Kier molecular flexibility index (Phi) is 14.1. The Hall–Kier alpha value is -1.68. The van der Waals surface area contributed by atoms with E-state index >= 15 is 0 Å². The second-order valence-corrected chi connectivity index (χ2v) is 8.48. The maximum Gasteiger partial charge on any atom is 0.0633 e. The first-order valence-corrected chi connectivity index (χ1v) is 11.6. The largest absolute Gasteiger partial charge is 0.394 e. The van der Waals surface area contributed by atoms with Crippen LogP contribution in [0.15, 0.2) is 65.8 Å². The minimum atomic E-state index is -0.809. The van der Waals surface area contributed by atoms with E-state index in [-0.39, 0.29) is 13.2 Å². The van der Waals surface area contributed by atoms with Gasteiger partial charge in [0.05, 0.1) is 18.8 Å². The van der Waals surface area contributed by atoms with E-state index in [4.69, 9.17) is 15.9 Å². The highest BCUT2D eigenvalue weighted by molar-refractivity contribution is 5.30. The van der Waals surface area contributed by atoms with E-state index in [2.05, 4.69) is 50.3 Å². The molecule has 1 aromatic rings. The number of hydrogen-bond donors (Lipinski definition) is 3. The Morgan fingerprint density at radius 1 is 0.867 bits per heavy atom. The van der Waals surface area contributed by atoms with Crippen LogP contribution >= 0.6 is 0 Å². The van der Waals surface area contributed by atoms with Crippen molar-refractivity contribution in [3.63, 3.8) is 0 Å². The standard InChI is InChI=1S/C14H22.C13H21NO2/c1-3-4-5-6-9-14-10-7-8-13(2)11-12-14;14-13(10-15,11-16)9-5-4-8-12-6-2-1-3-7-12/h8,10-12H,3-7,9H2,1-2H3;1-3,6-7,15-16H,4-5,8-11,14H2. The second-order valence-electron chi connectivity index (χ2n) is 8.48. The molecular weight excluding hydrogens is 370 g/mol. The highest BCUT2D eigenvalue weighted by Gasteiger charge is 2.21. The molecule has 0 spiro atoms. The van der Waals surface area contributed by atoms with Gasteiger partial charge in [-0.3, -0.25) is 0 Å². The van der Waals surface area contributed by atoms with Crippen molar-refractivity contribution in [2.75, 3.05) is 13.2 Å². The molecule has 2 rings (SSSR count). The maximum atomic E-state index is 9.02. The molecule has 1 aliphatic carbocycles. The highest BCUT2D eigenvalue weighted by atomic mass is 16.3. The van der Waals surface area contributed by atoms with Gasteiger partial charge in [0.25, 0.3) is 0 Å². The van der Waals surface area contributed by atoms with E-state index < -0.39 is 5.54 Å². The van der Waals surface area contributed by atoms with Crippen LogP contribution in [0.25, 0.3) is 0 Å². The Bertz CT molecular complexity index is 642. The van der Waals surface area contributed by atoms with Crippen molar-refractivity contribution < 1.29 is 10.2 Å². The Balaban J connectivity index is 0.000000303. The quantitative estimate of drug-likeness (QED) is 0.375. The molecule has 0 atom stereocenters. The van der Waals surface area contributed by atoms with Gasteiger partial charge >= 0.3 is 0 Å². The van der Waals surface area contributed by atoms with Crippen LogP contribution in [0.1, 0.15) is 77.2 Å². The smallest absolute Gasteiger partial charge is 0.0633 e. The van der Waals surface area contributed by atoms with Gasteiger partial charge in [-0.2, -0.15) is 0 Å². The lowest BCUT2D eigenvalue weighted by Gasteiger charge is -2.24. The Morgan fingerprint density at radius 2 is 1.57 bits per heavy atom. The van der Waals surface area contributed by atoms with E-state index in [0.29, 0.717) is 6.42 Å². The summed E-state index contributed by atoms with van der Waals surface area (Å²) in [6.07, 6.45) is 20.6. The van der Waals surface area contributed by atoms with Crippen molar-refractivity contribution in [2.45, 2.75) is 83.6 Å². The summed E-state index contributed by atoms with van der Waals surface area (Å²) in [5, 5.41) is 18.0. The third kappa shape index (κ3) is 12.1. The Morgan fingerprint density at radius 3 is 2.23 bits per heavy atom. The van der Waals surface area contributed by atoms with E-state index in [1.165, 1.54) is 48.8 Å². The fourth-order valence-corrected chi connectivity index (χ4v) is 3.37. The molecule has 0 unspecified atom stereocenters. The van der Waals surface area contributed by atoms with E-state index in [9.17, 15) is 0 Å². The summed E-state index contributed by atoms with van der Waals surface area (Å²) in [5.41, 5.74) is 9.20. The highest BCUT2D eigenvalue weighted by Crippen LogP contribution is 2.16. The number of aliphatic hydroxyl groups excluding tert-OH is 2. The van der Waals surface area contributed by atoms with Gasteiger partial charge in [0.15, 0.2) is 0 Å². The number of allylic oxidation sites excluding steroid dienone is 6. The number of hydrogen-bond acceptors (Lipinski definition) is 3. The monoisotopic (exact) mass is 413 g/mol. The predicted octanol–water partition coefficient (Wildman–Crippen LogP) is 5.87. The number of unbranched alkanes of at least 4 members (excludes halogenated alkanes) is 4. The summed E-state index contributed by atoms with van der Waals surface area (Å²) in [6, 6.07) is 10.3. The molecule has 168 valence electrons. The van der Waals surface area contributed by atoms with Gasteiger partial charge in [-0.05, 0) is 51.0 Å². The summed E-state index contributed by atoms with van der Waals surface area (Å²) in [5.74, 6) is 0. The maximum absolute atomic E-state index is 9.02. The molecule has 1 aliphatic rings. The molecule has 0 aromatic heterocycles. The van der Waals surface area contributed by atoms with Crippen LogP contribution in [0, 0.1) is 0 Å². The summed E-state index contributed by atoms with van der Waals surface area (Å²) in [6.45, 7) is 4.12. The molecule has 0 radical (unpaired) electrons. The van der Waals surface area contributed by atoms with Gasteiger partial charge in [0.2, 0.25) is 0 Å². The van der Waals surface area contributed by atoms with E-state index in [1.54, 1.807) is 0 Å². The Labute approximate surface area is 184 Å². The minimum Gasteiger partial charge on any atom is -0.394 e. The summed E-state index contributed by atoms with van der Waals surface area (Å²) in [7, 11) is 0. The lowest BCUT2D eigenvalue weighted by molar-refractivity contribution is 0.112. The fraction of sp³-hybridized carbons (Fsp3) is 0.556. The van der Waals surface area contributed by atoms with E-state index in [1.807, 2.05) is 18.2 Å². The number of aryl methyl sites for hydroxylation is 1. The minimum absolute atomic E-state index is 0.158. The van der Waals surface area contributed by atoms with Gasteiger partial charge in [0.1, 0.15) is 0 Å². The van der Waals surface area contributed by atoms with Crippen molar-refractivity contribution in [1.82, 2.24) is 0 Å². The molecule has 4 N–H and O–H groups in total. The van der Waals surface area contributed by atoms with E-state index in [0.717, 1.165) is 25.7 Å². The summed E-state index contributed by atoms with van der Waals surface area (Å²) >= 11 is 0. The van der Waals surface area contributed by atoms with Crippen LogP contribution in [0.3, 0.4) is 0 Å². The normalized spacial score (nSPS) is 13.8. The van der Waals surface area contributed by atoms with Crippen LogP contribution in [-0.4, -0.2) is 29.0 Å². The zero-order chi connectivity index (χ0) is 22.1. The molecule has 0 aliphatic heterocycles. The molecule has 0 fully saturated rings. The van der Waals surface area contributed by atoms with Crippen LogP contribution in [-0.2, 0) is 6.42 Å². The first kappa shape index (κ1) is 26.4. The van der Waals surface area contributed by atoms with Crippen molar-refractivity contribution in [3.05, 3.63) is 71.3 Å². The van der Waals surface area contributed by atoms with Crippen LogP contribution < -0.4 is 5.73 Å². The van der Waals surface area contributed by atoms with Gasteiger partial charge in [0, 0.05) is 0 Å². The summed E-state index contributed by atoms with van der Waals surface area (Å²) < 4.78 is 0. The number of nitrogens with two attached hydrogens (primary N) is 1. The van der Waals surface area contributed by atoms with Gasteiger partial charge in [-0.25, -0.2) is 0 Å². The molecule has 3 heteroatoms. The zero-order valence-corrected chi connectivity index (χ0v) is 19.2. The molecule has 3 nitrogen and oxygen atoms in total. The van der Waals surface area contributed by atoms with Crippen LogP contribution in [0.5, 0.6) is 0 Å². The van der Waals surface area contributed by atoms with Crippen molar-refractivity contribution >= 4 is 0 Å². The second kappa shape index (κ2) is 16.1. The predicted molar refractivity (Wildman–Crippen MR) is 129 cm³/mol. The summed E-state index contributed by atoms with van der Waals surface area (Å²) in [4.78, 5) is 0. The third-order valence-corrected chi connectivity index (χ3v) is 5.56. The molecule has 30 heavy (non-hydrogen) atoms. The number of rotatable bonds is 12. The van der Waals surface area contributed by atoms with Gasteiger partial charge < -0.3 is 15.9 Å². The lowest BCUT2D eigenvalue weighted by atomic mass is 9.94. The molecule has 0 bridgehead atoms. The molecular formula is C27H43NO2. The molecule has 0 amide bonds. The third-order valence-electron chi connectivity index (χ3n) is 5.56. The fourth-order valence-electron chi connectivity index (χ4n) is 3.37. The lowest BCUT2D eigenvalue weighted by Crippen LogP contribution is -2.47. The number of aliphatic hydroxyl groups is 2. The van der Waals surface area contributed by atoms with Crippen LogP contribution in [0.4, 0.5) is 0 Å². The first-order chi connectivity index (χ1) is 14.5.